The number of hydrogen-bond acceptors (Lipinski definition) is 5. The zero-order valence-corrected chi connectivity index (χ0v) is 15.3. The molecule has 0 unspecified atom stereocenters. The molecule has 1 N–H and O–H groups in total. The molecular formula is C17H21N3O3S. The van der Waals surface area contributed by atoms with Gasteiger partial charge in [0.1, 0.15) is 6.33 Å². The van der Waals surface area contributed by atoms with Gasteiger partial charge in [-0.15, -0.1) is 0 Å². The third-order valence-electron chi connectivity index (χ3n) is 4.17. The van der Waals surface area contributed by atoms with Gasteiger partial charge in [0.2, 0.25) is 0 Å². The topological polar surface area (TPSA) is 89.0 Å². The van der Waals surface area contributed by atoms with Gasteiger partial charge in [-0.2, -0.15) is 0 Å². The highest BCUT2D eigenvalue weighted by molar-refractivity contribution is 7.90. The maximum atomic E-state index is 12.8. The first-order valence-electron chi connectivity index (χ1n) is 7.62. The highest BCUT2D eigenvalue weighted by Crippen LogP contribution is 2.26. The van der Waals surface area contributed by atoms with Gasteiger partial charge in [0.15, 0.2) is 0 Å². The molecule has 0 aliphatic rings. The molecule has 0 radical (unpaired) electrons. The van der Waals surface area contributed by atoms with Gasteiger partial charge in [-0.05, 0) is 56.4 Å². The molecule has 0 fully saturated rings. The van der Waals surface area contributed by atoms with Crippen LogP contribution in [0.2, 0.25) is 0 Å². The molecule has 1 aromatic heterocycles. The number of nitrogens with zero attached hydrogens (tertiary/aromatic N) is 2. The molecule has 128 valence electrons. The summed E-state index contributed by atoms with van der Waals surface area (Å²) in [5.41, 5.74) is 3.68. The number of aromatic nitrogens is 2. The van der Waals surface area contributed by atoms with Crippen molar-refractivity contribution in [3.63, 3.8) is 0 Å². The van der Waals surface area contributed by atoms with Crippen LogP contribution in [0.1, 0.15) is 45.2 Å². The highest BCUT2D eigenvalue weighted by Gasteiger charge is 2.25. The van der Waals surface area contributed by atoms with E-state index in [0.29, 0.717) is 23.2 Å². The third-order valence-corrected chi connectivity index (χ3v) is 5.77. The molecule has 0 saturated carbocycles. The standard InChI is InChI=1S/C17H21N3O3S/c1-6-15-14(8-18-9-19-15)17(21)20-24(22,23)16-12(4)10(2)7-11(3)13(16)5/h7-9H,6H2,1-5H3,(H,20,21). The summed E-state index contributed by atoms with van der Waals surface area (Å²) in [7, 11) is -3.99. The summed E-state index contributed by atoms with van der Waals surface area (Å²) in [6, 6.07) is 1.94. The fourth-order valence-electron chi connectivity index (χ4n) is 2.64. The number of benzene rings is 1. The van der Waals surface area contributed by atoms with Crippen LogP contribution in [0.5, 0.6) is 0 Å². The summed E-state index contributed by atoms with van der Waals surface area (Å²) in [6.45, 7) is 9.02. The Morgan fingerprint density at radius 3 is 2.25 bits per heavy atom. The lowest BCUT2D eigenvalue weighted by Gasteiger charge is -2.16. The van der Waals surface area contributed by atoms with Crippen molar-refractivity contribution in [1.29, 1.82) is 0 Å². The number of rotatable bonds is 4. The lowest BCUT2D eigenvalue weighted by molar-refractivity contribution is 0.0979. The quantitative estimate of drug-likeness (QED) is 0.917. The van der Waals surface area contributed by atoms with E-state index in [9.17, 15) is 13.2 Å². The zero-order chi connectivity index (χ0) is 18.1. The summed E-state index contributed by atoms with van der Waals surface area (Å²) >= 11 is 0. The Morgan fingerprint density at radius 1 is 1.12 bits per heavy atom. The molecule has 0 atom stereocenters. The maximum Gasteiger partial charge on any atom is 0.268 e. The monoisotopic (exact) mass is 347 g/mol. The minimum atomic E-state index is -3.99. The number of sulfonamides is 1. The summed E-state index contributed by atoms with van der Waals surface area (Å²) in [5.74, 6) is -0.717. The molecule has 24 heavy (non-hydrogen) atoms. The first kappa shape index (κ1) is 18.1. The van der Waals surface area contributed by atoms with Crippen LogP contribution in [0.3, 0.4) is 0 Å². The molecular weight excluding hydrogens is 326 g/mol. The zero-order valence-electron chi connectivity index (χ0n) is 14.5. The highest BCUT2D eigenvalue weighted by atomic mass is 32.2. The van der Waals surface area contributed by atoms with Gasteiger partial charge in [0.05, 0.1) is 16.2 Å². The molecule has 7 heteroatoms. The molecule has 2 aromatic rings. The molecule has 6 nitrogen and oxygen atoms in total. The van der Waals surface area contributed by atoms with Crippen LogP contribution in [0, 0.1) is 27.7 Å². The van der Waals surface area contributed by atoms with Crippen molar-refractivity contribution in [3.05, 3.63) is 52.1 Å². The van der Waals surface area contributed by atoms with Crippen LogP contribution in [-0.4, -0.2) is 24.3 Å². The van der Waals surface area contributed by atoms with Crippen LogP contribution in [0.15, 0.2) is 23.5 Å². The van der Waals surface area contributed by atoms with E-state index in [2.05, 4.69) is 14.7 Å². The lowest BCUT2D eigenvalue weighted by atomic mass is 10.0. The number of aryl methyl sites for hydroxylation is 3. The second kappa shape index (κ2) is 6.68. The minimum Gasteiger partial charge on any atom is -0.268 e. The Hall–Kier alpha value is -2.28. The van der Waals surface area contributed by atoms with Gasteiger partial charge in [0, 0.05) is 6.20 Å². The number of nitrogens with one attached hydrogen (secondary N) is 1. The number of carbonyl (C=O) groups excluding carboxylic acids is 1. The number of hydrogen-bond donors (Lipinski definition) is 1. The molecule has 0 saturated heterocycles. The van der Waals surface area contributed by atoms with Gasteiger partial charge in [-0.25, -0.2) is 23.1 Å². The molecule has 1 amide bonds. The number of carbonyl (C=O) groups is 1. The predicted octanol–water partition coefficient (Wildman–Crippen LogP) is 2.39. The van der Waals surface area contributed by atoms with Crippen LogP contribution in [0.4, 0.5) is 0 Å². The van der Waals surface area contributed by atoms with Crippen molar-refractivity contribution < 1.29 is 13.2 Å². The average Bonchev–Trinajstić information content (AvgIpc) is 2.52. The number of amides is 1. The molecule has 1 aromatic carbocycles. The molecule has 2 rings (SSSR count). The van der Waals surface area contributed by atoms with Gasteiger partial charge in [-0.3, -0.25) is 4.79 Å². The van der Waals surface area contributed by atoms with Crippen molar-refractivity contribution in [2.45, 2.75) is 45.9 Å². The maximum absolute atomic E-state index is 12.8. The largest absolute Gasteiger partial charge is 0.268 e. The van der Waals surface area contributed by atoms with E-state index in [0.717, 1.165) is 11.1 Å². The minimum absolute atomic E-state index is 0.156. The summed E-state index contributed by atoms with van der Waals surface area (Å²) in [6.07, 6.45) is 3.17. The lowest BCUT2D eigenvalue weighted by Crippen LogP contribution is -2.32. The summed E-state index contributed by atoms with van der Waals surface area (Å²) in [5, 5.41) is 0. The SMILES string of the molecule is CCc1ncncc1C(=O)NS(=O)(=O)c1c(C)c(C)cc(C)c1C. The summed E-state index contributed by atoms with van der Waals surface area (Å²) < 4.78 is 27.7. The smallest absolute Gasteiger partial charge is 0.268 e. The molecule has 0 spiro atoms. The Balaban J connectivity index is 2.48. The van der Waals surface area contributed by atoms with Crippen LogP contribution >= 0.6 is 0 Å². The average molecular weight is 347 g/mol. The van der Waals surface area contributed by atoms with Crippen molar-refractivity contribution in [3.8, 4) is 0 Å². The third kappa shape index (κ3) is 3.31. The van der Waals surface area contributed by atoms with Gasteiger partial charge >= 0.3 is 0 Å². The van der Waals surface area contributed by atoms with E-state index >= 15 is 0 Å². The van der Waals surface area contributed by atoms with Crippen LogP contribution < -0.4 is 4.72 Å². The Morgan fingerprint density at radius 2 is 1.71 bits per heavy atom. The van der Waals surface area contributed by atoms with Crippen LogP contribution in [-0.2, 0) is 16.4 Å². The van der Waals surface area contributed by atoms with Crippen molar-refractivity contribution in [2.24, 2.45) is 0 Å². The summed E-state index contributed by atoms with van der Waals surface area (Å²) in [4.78, 5) is 20.4. The van der Waals surface area contributed by atoms with Crippen molar-refractivity contribution >= 4 is 15.9 Å². The van der Waals surface area contributed by atoms with E-state index in [1.54, 1.807) is 13.8 Å². The normalized spacial score (nSPS) is 11.4. The Kier molecular flexibility index (Phi) is 5.03. The second-order valence-corrected chi connectivity index (χ2v) is 7.38. The molecule has 0 aliphatic carbocycles. The van der Waals surface area contributed by atoms with E-state index in [-0.39, 0.29) is 10.5 Å². The molecule has 0 bridgehead atoms. The molecule has 0 aliphatic heterocycles. The first-order valence-corrected chi connectivity index (χ1v) is 9.10. The van der Waals surface area contributed by atoms with E-state index in [4.69, 9.17) is 0 Å². The van der Waals surface area contributed by atoms with Gasteiger partial charge in [0.25, 0.3) is 15.9 Å². The fraction of sp³-hybridized carbons (Fsp3) is 0.353. The van der Waals surface area contributed by atoms with Crippen molar-refractivity contribution in [2.75, 3.05) is 0 Å². The second-order valence-electron chi connectivity index (χ2n) is 5.76. The van der Waals surface area contributed by atoms with Crippen molar-refractivity contribution in [1.82, 2.24) is 14.7 Å². The predicted molar refractivity (Wildman–Crippen MR) is 91.5 cm³/mol. The Bertz CT molecular complexity index is 879. The van der Waals surface area contributed by atoms with E-state index in [1.807, 2.05) is 26.8 Å². The van der Waals surface area contributed by atoms with E-state index < -0.39 is 15.9 Å². The van der Waals surface area contributed by atoms with Gasteiger partial charge in [-0.1, -0.05) is 13.0 Å². The van der Waals surface area contributed by atoms with Gasteiger partial charge < -0.3 is 0 Å². The van der Waals surface area contributed by atoms with E-state index in [1.165, 1.54) is 12.5 Å². The molecule has 1 heterocycles. The fourth-order valence-corrected chi connectivity index (χ4v) is 4.22. The Labute approximate surface area is 142 Å². The first-order chi connectivity index (χ1) is 11.2. The van der Waals surface area contributed by atoms with Crippen LogP contribution in [0.25, 0.3) is 0 Å².